The second-order valence-corrected chi connectivity index (χ2v) is 4.79. The third kappa shape index (κ3) is 1.37. The molecule has 1 aromatic carbocycles. The van der Waals surface area contributed by atoms with Crippen LogP contribution in [0.25, 0.3) is 0 Å². The molecule has 0 aromatic heterocycles. The maximum Gasteiger partial charge on any atom is 0.219 e. The molecule has 1 aliphatic heterocycles. The van der Waals surface area contributed by atoms with E-state index < -0.39 is 9.84 Å². The van der Waals surface area contributed by atoms with Gasteiger partial charge in [-0.15, -0.1) is 0 Å². The van der Waals surface area contributed by atoms with Crippen LogP contribution in [0.2, 0.25) is 0 Å². The van der Waals surface area contributed by atoms with Crippen LogP contribution in [0, 0.1) is 0 Å². The fourth-order valence-corrected chi connectivity index (χ4v) is 2.57. The van der Waals surface area contributed by atoms with Crippen LogP contribution in [-0.2, 0) is 9.84 Å². The summed E-state index contributed by atoms with van der Waals surface area (Å²) in [7, 11) is -3.25. The molecule has 0 saturated heterocycles. The van der Waals surface area contributed by atoms with Gasteiger partial charge in [0.25, 0.3) is 0 Å². The Labute approximate surface area is 77.0 Å². The second-order valence-electron chi connectivity index (χ2n) is 2.84. The zero-order valence-corrected chi connectivity index (χ0v) is 7.79. The van der Waals surface area contributed by atoms with Crippen LogP contribution in [0.5, 0.6) is 0 Å². The van der Waals surface area contributed by atoms with Crippen molar-refractivity contribution >= 4 is 14.9 Å². The minimum absolute atomic E-state index is 0.318. The van der Waals surface area contributed by atoms with Crippen molar-refractivity contribution in [1.29, 1.82) is 0 Å². The van der Waals surface area contributed by atoms with Gasteiger partial charge in [-0.3, -0.25) is 4.99 Å². The van der Waals surface area contributed by atoms with Gasteiger partial charge in [-0.05, 0) is 12.1 Å². The van der Waals surface area contributed by atoms with Crippen LogP contribution in [0.3, 0.4) is 0 Å². The predicted octanol–water partition coefficient (Wildman–Crippen LogP) is 1.26. The van der Waals surface area contributed by atoms with E-state index in [0.29, 0.717) is 22.9 Å². The van der Waals surface area contributed by atoms with E-state index in [0.717, 1.165) is 0 Å². The summed E-state index contributed by atoms with van der Waals surface area (Å²) in [6, 6.07) is 8.41. The van der Waals surface area contributed by atoms with Gasteiger partial charge in [0.05, 0.1) is 4.90 Å². The fourth-order valence-electron chi connectivity index (χ4n) is 1.16. The summed E-state index contributed by atoms with van der Waals surface area (Å²) in [4.78, 5) is 4.19. The summed E-state index contributed by atoms with van der Waals surface area (Å²) < 4.78 is 23.4. The summed E-state index contributed by atoms with van der Waals surface area (Å²) in [6.45, 7) is 0.640. The SMILES string of the molecule is O=S(=O)(C1=NCC1)c1ccccc1. The highest BCUT2D eigenvalue weighted by atomic mass is 32.2. The normalized spacial score (nSPS) is 16.2. The number of rotatable bonds is 1. The zero-order valence-electron chi connectivity index (χ0n) is 6.97. The maximum absolute atomic E-state index is 11.7. The number of benzene rings is 1. The number of nitrogens with zero attached hydrogens (tertiary/aromatic N) is 1. The van der Waals surface area contributed by atoms with E-state index in [2.05, 4.69) is 4.99 Å². The van der Waals surface area contributed by atoms with Gasteiger partial charge in [0, 0.05) is 13.0 Å². The molecule has 2 rings (SSSR count). The van der Waals surface area contributed by atoms with Gasteiger partial charge in [-0.25, -0.2) is 8.42 Å². The van der Waals surface area contributed by atoms with Crippen molar-refractivity contribution in [3.8, 4) is 0 Å². The van der Waals surface area contributed by atoms with Crippen LogP contribution < -0.4 is 0 Å². The first kappa shape index (κ1) is 8.44. The molecule has 0 amide bonds. The molecule has 1 heterocycles. The van der Waals surface area contributed by atoms with E-state index in [9.17, 15) is 8.42 Å². The molecule has 3 nitrogen and oxygen atoms in total. The molecular formula is C9H9NO2S. The Balaban J connectivity index is 2.47. The third-order valence-corrected chi connectivity index (χ3v) is 3.82. The summed E-state index contributed by atoms with van der Waals surface area (Å²) >= 11 is 0. The first-order chi connectivity index (χ1) is 6.21. The van der Waals surface area contributed by atoms with E-state index in [1.54, 1.807) is 30.3 Å². The highest BCUT2D eigenvalue weighted by Gasteiger charge is 2.25. The summed E-state index contributed by atoms with van der Waals surface area (Å²) in [5.74, 6) is 0. The minimum atomic E-state index is -3.25. The van der Waals surface area contributed by atoms with E-state index in [1.807, 2.05) is 0 Å². The molecule has 0 unspecified atom stereocenters. The molecule has 0 bridgehead atoms. The molecule has 1 aliphatic rings. The monoisotopic (exact) mass is 195 g/mol. The molecule has 0 aliphatic carbocycles. The van der Waals surface area contributed by atoms with Gasteiger partial charge in [0.2, 0.25) is 9.84 Å². The Morgan fingerprint density at radius 3 is 2.23 bits per heavy atom. The first-order valence-electron chi connectivity index (χ1n) is 4.05. The van der Waals surface area contributed by atoms with Crippen LogP contribution in [-0.4, -0.2) is 20.0 Å². The Kier molecular flexibility index (Phi) is 1.92. The molecule has 0 radical (unpaired) electrons. The van der Waals surface area contributed by atoms with Crippen LogP contribution in [0.1, 0.15) is 6.42 Å². The maximum atomic E-state index is 11.7. The highest BCUT2D eigenvalue weighted by molar-refractivity contribution is 8.06. The summed E-state index contributed by atoms with van der Waals surface area (Å²) in [6.07, 6.45) is 0.581. The molecule has 0 saturated carbocycles. The van der Waals surface area contributed by atoms with Crippen molar-refractivity contribution in [1.82, 2.24) is 0 Å². The van der Waals surface area contributed by atoms with Gasteiger partial charge in [0.15, 0.2) is 0 Å². The lowest BCUT2D eigenvalue weighted by atomic mass is 10.4. The topological polar surface area (TPSA) is 46.5 Å². The van der Waals surface area contributed by atoms with Crippen molar-refractivity contribution in [3.63, 3.8) is 0 Å². The summed E-state index contributed by atoms with van der Waals surface area (Å²) in [5.41, 5.74) is 0. The third-order valence-electron chi connectivity index (χ3n) is 1.98. The molecule has 1 aromatic rings. The van der Waals surface area contributed by atoms with E-state index in [1.165, 1.54) is 0 Å². The van der Waals surface area contributed by atoms with Gasteiger partial charge in [-0.2, -0.15) is 0 Å². The molecular weight excluding hydrogens is 186 g/mol. The fraction of sp³-hybridized carbons (Fsp3) is 0.222. The van der Waals surface area contributed by atoms with Crippen LogP contribution in [0.15, 0.2) is 40.2 Å². The van der Waals surface area contributed by atoms with Crippen LogP contribution in [0.4, 0.5) is 0 Å². The molecule has 0 fully saturated rings. The Hall–Kier alpha value is -1.16. The molecule has 0 atom stereocenters. The Morgan fingerprint density at radius 1 is 1.15 bits per heavy atom. The van der Waals surface area contributed by atoms with Crippen molar-refractivity contribution in [2.45, 2.75) is 11.3 Å². The smallest absolute Gasteiger partial charge is 0.219 e. The van der Waals surface area contributed by atoms with Crippen molar-refractivity contribution in [2.24, 2.45) is 4.99 Å². The Morgan fingerprint density at radius 2 is 1.77 bits per heavy atom. The second kappa shape index (κ2) is 2.96. The molecule has 0 N–H and O–H groups in total. The lowest BCUT2D eigenvalue weighted by Gasteiger charge is -2.13. The van der Waals surface area contributed by atoms with Crippen molar-refractivity contribution in [2.75, 3.05) is 6.54 Å². The first-order valence-corrected chi connectivity index (χ1v) is 5.53. The number of aliphatic imine (C=N–C) groups is 1. The quantitative estimate of drug-likeness (QED) is 0.677. The zero-order chi connectivity index (χ0) is 9.31. The van der Waals surface area contributed by atoms with Crippen LogP contribution >= 0.6 is 0 Å². The Bertz CT molecular complexity index is 434. The largest absolute Gasteiger partial charge is 0.277 e. The van der Waals surface area contributed by atoms with Gasteiger partial charge in [-0.1, -0.05) is 18.2 Å². The van der Waals surface area contributed by atoms with E-state index in [4.69, 9.17) is 0 Å². The number of hydrogen-bond donors (Lipinski definition) is 0. The molecule has 13 heavy (non-hydrogen) atoms. The average Bonchev–Trinajstić information content (AvgIpc) is 2.02. The highest BCUT2D eigenvalue weighted by Crippen LogP contribution is 2.17. The predicted molar refractivity (Wildman–Crippen MR) is 50.5 cm³/mol. The van der Waals surface area contributed by atoms with Gasteiger partial charge >= 0.3 is 0 Å². The van der Waals surface area contributed by atoms with Crippen molar-refractivity contribution in [3.05, 3.63) is 30.3 Å². The molecule has 4 heteroatoms. The number of hydrogen-bond acceptors (Lipinski definition) is 3. The van der Waals surface area contributed by atoms with E-state index in [-0.39, 0.29) is 0 Å². The summed E-state index contributed by atoms with van der Waals surface area (Å²) in [5, 5.41) is 0.318. The molecule has 68 valence electrons. The minimum Gasteiger partial charge on any atom is -0.277 e. The van der Waals surface area contributed by atoms with Gasteiger partial charge < -0.3 is 0 Å². The molecule has 0 spiro atoms. The number of sulfone groups is 1. The standard InChI is InChI=1S/C9H9NO2S/c11-13(12,9-6-7-10-9)8-4-2-1-3-5-8/h1-5H,6-7H2. The average molecular weight is 195 g/mol. The lowest BCUT2D eigenvalue weighted by molar-refractivity contribution is 0.605. The van der Waals surface area contributed by atoms with Crippen molar-refractivity contribution < 1.29 is 8.42 Å². The van der Waals surface area contributed by atoms with E-state index >= 15 is 0 Å². The lowest BCUT2D eigenvalue weighted by Crippen LogP contribution is -2.23. The van der Waals surface area contributed by atoms with Gasteiger partial charge in [0.1, 0.15) is 5.04 Å².